The summed E-state index contributed by atoms with van der Waals surface area (Å²) in [4.78, 5) is 10.6. The summed E-state index contributed by atoms with van der Waals surface area (Å²) in [6, 6.07) is 5.57. The lowest BCUT2D eigenvalue weighted by atomic mass is 9.94. The number of nitrogens with zero attached hydrogens (tertiary/aromatic N) is 1. The van der Waals surface area contributed by atoms with E-state index in [2.05, 4.69) is 26.1 Å². The maximum Gasteiger partial charge on any atom is 0.311 e. The van der Waals surface area contributed by atoms with Gasteiger partial charge in [-0.25, -0.2) is 0 Å². The SMILES string of the molecule is CCCNC(C)C(C)Cc1ccc(OC)c([N+](=O)[O-])c1. The van der Waals surface area contributed by atoms with E-state index in [1.54, 1.807) is 12.1 Å². The second-order valence-corrected chi connectivity index (χ2v) is 5.19. The van der Waals surface area contributed by atoms with Crippen LogP contribution in [0, 0.1) is 16.0 Å². The molecule has 0 aliphatic carbocycles. The maximum atomic E-state index is 11.0. The Morgan fingerprint density at radius 1 is 1.40 bits per heavy atom. The van der Waals surface area contributed by atoms with E-state index in [1.165, 1.54) is 7.11 Å². The largest absolute Gasteiger partial charge is 0.490 e. The highest BCUT2D eigenvalue weighted by Gasteiger charge is 2.18. The average molecular weight is 280 g/mol. The first-order valence-electron chi connectivity index (χ1n) is 7.04. The molecule has 0 aliphatic rings. The Balaban J connectivity index is 2.77. The number of nitro groups is 1. The van der Waals surface area contributed by atoms with Gasteiger partial charge in [0, 0.05) is 12.1 Å². The molecule has 1 aromatic rings. The van der Waals surface area contributed by atoms with Crippen LogP contribution in [-0.4, -0.2) is 24.6 Å². The molecule has 0 saturated carbocycles. The van der Waals surface area contributed by atoms with Crippen molar-refractivity contribution in [2.24, 2.45) is 5.92 Å². The van der Waals surface area contributed by atoms with Gasteiger partial charge in [-0.2, -0.15) is 0 Å². The van der Waals surface area contributed by atoms with E-state index in [9.17, 15) is 10.1 Å². The van der Waals surface area contributed by atoms with Crippen LogP contribution in [0.25, 0.3) is 0 Å². The third-order valence-corrected chi connectivity index (χ3v) is 3.57. The third kappa shape index (κ3) is 4.49. The van der Waals surface area contributed by atoms with Crippen molar-refractivity contribution in [3.63, 3.8) is 0 Å². The molecule has 0 aliphatic heterocycles. The van der Waals surface area contributed by atoms with Crippen molar-refractivity contribution in [2.45, 2.75) is 39.7 Å². The molecule has 1 rings (SSSR count). The predicted octanol–water partition coefficient (Wildman–Crippen LogP) is 3.17. The molecule has 112 valence electrons. The van der Waals surface area contributed by atoms with Crippen molar-refractivity contribution in [3.05, 3.63) is 33.9 Å². The van der Waals surface area contributed by atoms with E-state index in [0.29, 0.717) is 17.7 Å². The minimum absolute atomic E-state index is 0.0337. The first kappa shape index (κ1) is 16.4. The van der Waals surface area contributed by atoms with Gasteiger partial charge in [-0.05, 0) is 43.9 Å². The zero-order chi connectivity index (χ0) is 15.1. The monoisotopic (exact) mass is 280 g/mol. The highest BCUT2D eigenvalue weighted by molar-refractivity contribution is 5.48. The van der Waals surface area contributed by atoms with Gasteiger partial charge in [0.15, 0.2) is 5.75 Å². The fraction of sp³-hybridized carbons (Fsp3) is 0.600. The van der Waals surface area contributed by atoms with Crippen LogP contribution >= 0.6 is 0 Å². The van der Waals surface area contributed by atoms with Gasteiger partial charge in [0.25, 0.3) is 0 Å². The van der Waals surface area contributed by atoms with Crippen molar-refractivity contribution < 1.29 is 9.66 Å². The van der Waals surface area contributed by atoms with Crippen molar-refractivity contribution in [2.75, 3.05) is 13.7 Å². The summed E-state index contributed by atoms with van der Waals surface area (Å²) in [6.07, 6.45) is 1.91. The number of hydrogen-bond donors (Lipinski definition) is 1. The zero-order valence-corrected chi connectivity index (χ0v) is 12.7. The van der Waals surface area contributed by atoms with Crippen molar-refractivity contribution >= 4 is 5.69 Å². The van der Waals surface area contributed by atoms with Gasteiger partial charge >= 0.3 is 5.69 Å². The topological polar surface area (TPSA) is 64.4 Å². The Kier molecular flexibility index (Phi) is 6.45. The Hall–Kier alpha value is -1.62. The summed E-state index contributed by atoms with van der Waals surface area (Å²) in [5.74, 6) is 0.720. The van der Waals surface area contributed by atoms with Crippen LogP contribution in [0.15, 0.2) is 18.2 Å². The molecule has 0 aromatic heterocycles. The van der Waals surface area contributed by atoms with Crippen molar-refractivity contribution in [1.82, 2.24) is 5.32 Å². The fourth-order valence-corrected chi connectivity index (χ4v) is 2.13. The Labute approximate surface area is 120 Å². The number of methoxy groups -OCH3 is 1. The van der Waals surface area contributed by atoms with Crippen LogP contribution < -0.4 is 10.1 Å². The normalized spacial score (nSPS) is 13.8. The number of hydrogen-bond acceptors (Lipinski definition) is 4. The lowest BCUT2D eigenvalue weighted by Crippen LogP contribution is -2.33. The molecule has 1 aromatic carbocycles. The van der Waals surface area contributed by atoms with E-state index in [-0.39, 0.29) is 5.69 Å². The van der Waals surface area contributed by atoms with Gasteiger partial charge in [-0.3, -0.25) is 10.1 Å². The molecule has 5 heteroatoms. The third-order valence-electron chi connectivity index (χ3n) is 3.57. The summed E-state index contributed by atoms with van der Waals surface area (Å²) in [6.45, 7) is 7.44. The molecule has 0 radical (unpaired) electrons. The summed E-state index contributed by atoms with van der Waals surface area (Å²) in [7, 11) is 1.45. The second kappa shape index (κ2) is 7.85. The van der Waals surface area contributed by atoms with Crippen LogP contribution in [-0.2, 0) is 6.42 Å². The number of nitrogens with one attached hydrogen (secondary N) is 1. The van der Waals surface area contributed by atoms with Crippen molar-refractivity contribution in [1.29, 1.82) is 0 Å². The van der Waals surface area contributed by atoms with Crippen LogP contribution in [0.5, 0.6) is 5.75 Å². The van der Waals surface area contributed by atoms with Crippen LogP contribution in [0.3, 0.4) is 0 Å². The smallest absolute Gasteiger partial charge is 0.311 e. The molecule has 0 fully saturated rings. The van der Waals surface area contributed by atoms with E-state index in [0.717, 1.165) is 24.9 Å². The molecule has 5 nitrogen and oxygen atoms in total. The van der Waals surface area contributed by atoms with Gasteiger partial charge in [0.2, 0.25) is 0 Å². The molecule has 0 heterocycles. The number of rotatable bonds is 8. The van der Waals surface area contributed by atoms with Gasteiger partial charge in [-0.15, -0.1) is 0 Å². The van der Waals surface area contributed by atoms with Crippen LogP contribution in [0.1, 0.15) is 32.8 Å². The molecule has 0 amide bonds. The Bertz CT molecular complexity index is 449. The Morgan fingerprint density at radius 2 is 2.10 bits per heavy atom. The zero-order valence-electron chi connectivity index (χ0n) is 12.7. The molecule has 1 N–H and O–H groups in total. The summed E-state index contributed by atoms with van der Waals surface area (Å²) >= 11 is 0. The van der Waals surface area contributed by atoms with Crippen LogP contribution in [0.4, 0.5) is 5.69 Å². The Morgan fingerprint density at radius 3 is 2.65 bits per heavy atom. The standard InChI is InChI=1S/C15H24N2O3/c1-5-8-16-12(3)11(2)9-13-6-7-15(20-4)14(10-13)17(18)19/h6-7,10-12,16H,5,8-9H2,1-4H3. The lowest BCUT2D eigenvalue weighted by molar-refractivity contribution is -0.385. The fourth-order valence-electron chi connectivity index (χ4n) is 2.13. The van der Waals surface area contributed by atoms with Gasteiger partial charge < -0.3 is 10.1 Å². The maximum absolute atomic E-state index is 11.0. The van der Waals surface area contributed by atoms with Crippen molar-refractivity contribution in [3.8, 4) is 5.75 Å². The first-order valence-corrected chi connectivity index (χ1v) is 7.04. The minimum Gasteiger partial charge on any atom is -0.490 e. The number of nitro benzene ring substituents is 1. The summed E-state index contributed by atoms with van der Waals surface area (Å²) in [5.41, 5.74) is 1.00. The molecule has 0 bridgehead atoms. The second-order valence-electron chi connectivity index (χ2n) is 5.19. The highest BCUT2D eigenvalue weighted by atomic mass is 16.6. The predicted molar refractivity (Wildman–Crippen MR) is 80.3 cm³/mol. The summed E-state index contributed by atoms with van der Waals surface area (Å²) in [5, 5.41) is 14.5. The molecule has 0 saturated heterocycles. The molecule has 2 unspecified atom stereocenters. The van der Waals surface area contributed by atoms with E-state index in [4.69, 9.17) is 4.74 Å². The van der Waals surface area contributed by atoms with Crippen LogP contribution in [0.2, 0.25) is 0 Å². The van der Waals surface area contributed by atoms with E-state index < -0.39 is 4.92 Å². The average Bonchev–Trinajstić information content (AvgIpc) is 2.44. The quantitative estimate of drug-likeness (QED) is 0.587. The molecule has 0 spiro atoms. The lowest BCUT2D eigenvalue weighted by Gasteiger charge is -2.21. The molecular weight excluding hydrogens is 256 g/mol. The van der Waals surface area contributed by atoms with Gasteiger partial charge in [0.05, 0.1) is 12.0 Å². The van der Waals surface area contributed by atoms with E-state index in [1.807, 2.05) is 6.07 Å². The van der Waals surface area contributed by atoms with Gasteiger partial charge in [0.1, 0.15) is 0 Å². The molecule has 2 atom stereocenters. The van der Waals surface area contributed by atoms with Gasteiger partial charge in [-0.1, -0.05) is 19.9 Å². The molecular formula is C15H24N2O3. The number of benzene rings is 1. The highest BCUT2D eigenvalue weighted by Crippen LogP contribution is 2.28. The minimum atomic E-state index is -0.397. The van der Waals surface area contributed by atoms with E-state index >= 15 is 0 Å². The summed E-state index contributed by atoms with van der Waals surface area (Å²) < 4.78 is 5.01. The first-order chi connectivity index (χ1) is 9.49. The number of ether oxygens (including phenoxy) is 1. The molecule has 20 heavy (non-hydrogen) atoms.